The van der Waals surface area contributed by atoms with Crippen LogP contribution < -0.4 is 19.6 Å². The van der Waals surface area contributed by atoms with Crippen LogP contribution in [0, 0.1) is 0 Å². The van der Waals surface area contributed by atoms with Crippen molar-refractivity contribution in [2.24, 2.45) is 0 Å². The molecule has 4 saturated heterocycles. The number of nitrogens with zero attached hydrogens (tertiary/aromatic N) is 8. The highest BCUT2D eigenvalue weighted by atomic mass is 16.5. The molecule has 0 aliphatic carbocycles. The maximum Gasteiger partial charge on any atom is 0.229 e. The monoisotopic (exact) mass is 472 g/mol. The maximum absolute atomic E-state index is 5.61. The third kappa shape index (κ3) is 4.42. The van der Waals surface area contributed by atoms with Crippen molar-refractivity contribution in [3.8, 4) is 0 Å². The minimum Gasteiger partial charge on any atom is -0.378 e. The van der Waals surface area contributed by atoms with Crippen LogP contribution in [0.25, 0.3) is 11.2 Å². The van der Waals surface area contributed by atoms with Gasteiger partial charge in [-0.2, -0.15) is 9.97 Å². The van der Waals surface area contributed by atoms with E-state index in [0.29, 0.717) is 64.5 Å². The summed E-state index contributed by atoms with van der Waals surface area (Å²) in [4.78, 5) is 29.3. The molecule has 2 aromatic heterocycles. The molecule has 6 rings (SSSR count). The average Bonchev–Trinajstić information content (AvgIpc) is 2.93. The molecule has 0 N–H and O–H groups in total. The molecule has 2 aromatic rings. The Morgan fingerprint density at radius 2 is 0.824 bits per heavy atom. The highest BCUT2D eigenvalue weighted by molar-refractivity contribution is 5.88. The molecule has 0 aromatic carbocycles. The molecule has 0 spiro atoms. The Bertz CT molecular complexity index is 987. The maximum atomic E-state index is 5.61. The van der Waals surface area contributed by atoms with Crippen molar-refractivity contribution in [2.75, 3.05) is 125 Å². The van der Waals surface area contributed by atoms with Gasteiger partial charge in [0.1, 0.15) is 0 Å². The molecular weight excluding hydrogens is 440 g/mol. The number of rotatable bonds is 4. The molecule has 0 unspecified atom stereocenters. The summed E-state index contributed by atoms with van der Waals surface area (Å²) in [5, 5.41) is 0. The van der Waals surface area contributed by atoms with Crippen LogP contribution in [0.4, 0.5) is 23.4 Å². The van der Waals surface area contributed by atoms with Crippen molar-refractivity contribution in [3.63, 3.8) is 0 Å². The molecule has 6 heterocycles. The van der Waals surface area contributed by atoms with Gasteiger partial charge in [0.25, 0.3) is 0 Å². The second-order valence-electron chi connectivity index (χ2n) is 8.79. The van der Waals surface area contributed by atoms with Gasteiger partial charge in [-0.05, 0) is 0 Å². The largest absolute Gasteiger partial charge is 0.378 e. The number of ether oxygens (including phenoxy) is 4. The Hall–Kier alpha value is -2.54. The van der Waals surface area contributed by atoms with Crippen molar-refractivity contribution >= 4 is 34.6 Å². The van der Waals surface area contributed by atoms with Crippen molar-refractivity contribution in [2.45, 2.75) is 0 Å². The van der Waals surface area contributed by atoms with E-state index in [4.69, 9.17) is 38.9 Å². The first-order chi connectivity index (χ1) is 16.9. The summed E-state index contributed by atoms with van der Waals surface area (Å²) in [7, 11) is 0. The smallest absolute Gasteiger partial charge is 0.229 e. The minimum atomic E-state index is 0.636. The minimum absolute atomic E-state index is 0.636. The summed E-state index contributed by atoms with van der Waals surface area (Å²) in [5.74, 6) is 3.29. The van der Waals surface area contributed by atoms with Crippen LogP contribution in [0.1, 0.15) is 0 Å². The van der Waals surface area contributed by atoms with Gasteiger partial charge < -0.3 is 38.5 Å². The molecule has 0 saturated carbocycles. The molecule has 184 valence electrons. The molecule has 34 heavy (non-hydrogen) atoms. The summed E-state index contributed by atoms with van der Waals surface area (Å²) in [5.41, 5.74) is 1.38. The fourth-order valence-corrected chi connectivity index (χ4v) is 4.78. The Kier molecular flexibility index (Phi) is 6.45. The van der Waals surface area contributed by atoms with Gasteiger partial charge in [0, 0.05) is 52.4 Å². The topological polar surface area (TPSA) is 101 Å². The summed E-state index contributed by atoms with van der Waals surface area (Å²) >= 11 is 0. The lowest BCUT2D eigenvalue weighted by molar-refractivity contribution is 0.120. The van der Waals surface area contributed by atoms with Crippen molar-refractivity contribution in [1.82, 2.24) is 19.9 Å². The molecule has 4 aliphatic heterocycles. The molecule has 0 amide bonds. The molecule has 4 fully saturated rings. The van der Waals surface area contributed by atoms with Gasteiger partial charge in [-0.15, -0.1) is 0 Å². The van der Waals surface area contributed by atoms with Gasteiger partial charge in [-0.3, -0.25) is 0 Å². The zero-order valence-corrected chi connectivity index (χ0v) is 19.5. The van der Waals surface area contributed by atoms with E-state index >= 15 is 0 Å². The molecule has 4 aliphatic rings. The Labute approximate surface area is 198 Å². The number of hydrogen-bond donors (Lipinski definition) is 0. The van der Waals surface area contributed by atoms with E-state index in [1.165, 1.54) is 0 Å². The van der Waals surface area contributed by atoms with Crippen LogP contribution in [0.2, 0.25) is 0 Å². The van der Waals surface area contributed by atoms with Crippen LogP contribution in [-0.4, -0.2) is 125 Å². The summed E-state index contributed by atoms with van der Waals surface area (Å²) < 4.78 is 22.4. The van der Waals surface area contributed by atoms with E-state index in [-0.39, 0.29) is 0 Å². The predicted molar refractivity (Wildman–Crippen MR) is 127 cm³/mol. The summed E-state index contributed by atoms with van der Waals surface area (Å²) in [6.07, 6.45) is 0. The second kappa shape index (κ2) is 9.98. The quantitative estimate of drug-likeness (QED) is 0.587. The van der Waals surface area contributed by atoms with Gasteiger partial charge in [0.2, 0.25) is 5.95 Å². The van der Waals surface area contributed by atoms with Gasteiger partial charge >= 0.3 is 0 Å². The second-order valence-corrected chi connectivity index (χ2v) is 8.79. The molecule has 0 bridgehead atoms. The summed E-state index contributed by atoms with van der Waals surface area (Å²) in [6, 6.07) is 0. The SMILES string of the molecule is C1CN(c2nc(N3CCOCC3)c3nc(N4CCOCC4)c(N4CCOCC4)nc3n2)CCO1. The van der Waals surface area contributed by atoms with Crippen LogP contribution >= 0.6 is 0 Å². The number of aromatic nitrogens is 4. The molecule has 12 heteroatoms. The zero-order chi connectivity index (χ0) is 22.7. The Morgan fingerprint density at radius 3 is 1.32 bits per heavy atom. The average molecular weight is 473 g/mol. The number of hydrogen-bond acceptors (Lipinski definition) is 12. The third-order valence-corrected chi connectivity index (χ3v) is 6.69. The van der Waals surface area contributed by atoms with Gasteiger partial charge in [0.05, 0.1) is 52.9 Å². The van der Waals surface area contributed by atoms with E-state index in [1.54, 1.807) is 0 Å². The van der Waals surface area contributed by atoms with E-state index < -0.39 is 0 Å². The number of morpholine rings is 4. The molecule has 0 atom stereocenters. The van der Waals surface area contributed by atoms with Crippen molar-refractivity contribution in [1.29, 1.82) is 0 Å². The fraction of sp³-hybridized carbons (Fsp3) is 0.727. The van der Waals surface area contributed by atoms with Crippen molar-refractivity contribution in [3.05, 3.63) is 0 Å². The zero-order valence-electron chi connectivity index (χ0n) is 19.5. The standard InChI is InChI=1S/C22H32N8O4/c1-9-31-10-2-27(1)19-17-18(25-22(26-19)30-7-15-34-16-8-30)24-21(29-5-13-33-14-6-29)20(23-17)28-3-11-32-12-4-28/h1-16H2. The normalized spacial score (nSPS) is 22.5. The summed E-state index contributed by atoms with van der Waals surface area (Å²) in [6.45, 7) is 11.7. The van der Waals surface area contributed by atoms with Crippen molar-refractivity contribution < 1.29 is 18.9 Å². The highest BCUT2D eigenvalue weighted by Gasteiger charge is 2.28. The van der Waals surface area contributed by atoms with Crippen LogP contribution in [0.3, 0.4) is 0 Å². The van der Waals surface area contributed by atoms with E-state index in [1.807, 2.05) is 0 Å². The van der Waals surface area contributed by atoms with E-state index in [0.717, 1.165) is 75.3 Å². The van der Waals surface area contributed by atoms with Gasteiger partial charge in [0.15, 0.2) is 28.6 Å². The predicted octanol–water partition coefficient (Wildman–Crippen LogP) is -0.234. The van der Waals surface area contributed by atoms with Gasteiger partial charge in [-0.1, -0.05) is 0 Å². The van der Waals surface area contributed by atoms with E-state index in [2.05, 4.69) is 19.6 Å². The number of anilines is 4. The first kappa shape index (κ1) is 22.0. The lowest BCUT2D eigenvalue weighted by Gasteiger charge is -2.35. The molecular formula is C22H32N8O4. The lowest BCUT2D eigenvalue weighted by atomic mass is 10.3. The highest BCUT2D eigenvalue weighted by Crippen LogP contribution is 2.33. The fourth-order valence-electron chi connectivity index (χ4n) is 4.78. The number of fused-ring (bicyclic) bond motifs is 1. The van der Waals surface area contributed by atoms with Crippen LogP contribution in [0.5, 0.6) is 0 Å². The first-order valence-electron chi connectivity index (χ1n) is 12.3. The molecule has 0 radical (unpaired) electrons. The lowest BCUT2D eigenvalue weighted by Crippen LogP contribution is -2.42. The Morgan fingerprint density at radius 1 is 0.412 bits per heavy atom. The molecule has 12 nitrogen and oxygen atoms in total. The van der Waals surface area contributed by atoms with Crippen LogP contribution in [0.15, 0.2) is 0 Å². The van der Waals surface area contributed by atoms with E-state index in [9.17, 15) is 0 Å². The Balaban J connectivity index is 1.49. The van der Waals surface area contributed by atoms with Crippen LogP contribution in [-0.2, 0) is 18.9 Å². The third-order valence-electron chi connectivity index (χ3n) is 6.69. The first-order valence-corrected chi connectivity index (χ1v) is 12.3. The van der Waals surface area contributed by atoms with Gasteiger partial charge in [-0.25, -0.2) is 9.97 Å².